The molecule has 0 aliphatic rings. The smallest absolute Gasteiger partial charge is 0.213 e. The van der Waals surface area contributed by atoms with Gasteiger partial charge in [0.2, 0.25) is 5.88 Å². The lowest BCUT2D eigenvalue weighted by molar-refractivity contribution is 0.225. The Morgan fingerprint density at radius 2 is 2.11 bits per heavy atom. The lowest BCUT2D eigenvalue weighted by Gasteiger charge is -2.15. The van der Waals surface area contributed by atoms with Crippen molar-refractivity contribution in [3.05, 3.63) is 23.4 Å². The Labute approximate surface area is 117 Å². The van der Waals surface area contributed by atoms with Crippen LogP contribution in [-0.4, -0.2) is 18.6 Å². The third-order valence-electron chi connectivity index (χ3n) is 3.38. The van der Waals surface area contributed by atoms with Gasteiger partial charge in [-0.2, -0.15) is 0 Å². The zero-order valence-electron chi connectivity index (χ0n) is 12.8. The van der Waals surface area contributed by atoms with Crippen molar-refractivity contribution in [1.82, 2.24) is 10.3 Å². The van der Waals surface area contributed by atoms with Gasteiger partial charge in [0, 0.05) is 18.3 Å². The molecule has 3 heteroatoms. The van der Waals surface area contributed by atoms with Crippen LogP contribution in [0.5, 0.6) is 5.88 Å². The van der Waals surface area contributed by atoms with E-state index in [9.17, 15) is 0 Å². The Hall–Kier alpha value is -1.09. The molecule has 3 nitrogen and oxygen atoms in total. The summed E-state index contributed by atoms with van der Waals surface area (Å²) in [5.74, 6) is 1.41. The summed E-state index contributed by atoms with van der Waals surface area (Å²) in [7, 11) is 1.95. The zero-order valence-corrected chi connectivity index (χ0v) is 12.8. The standard InChI is InChI=1S/C16H28N2O/c1-5-7-8-14(6-2)12-19-16-10-15(11-17-4)9-13(3)18-16/h9-10,14,17H,5-8,11-12H2,1-4H3. The molecule has 0 bridgehead atoms. The number of ether oxygens (including phenoxy) is 1. The number of rotatable bonds is 9. The molecule has 0 saturated carbocycles. The number of aromatic nitrogens is 1. The second-order valence-electron chi connectivity index (χ2n) is 5.21. The van der Waals surface area contributed by atoms with Gasteiger partial charge in [-0.15, -0.1) is 0 Å². The Balaban J connectivity index is 2.55. The molecule has 1 rings (SSSR count). The molecule has 0 radical (unpaired) electrons. The maximum Gasteiger partial charge on any atom is 0.213 e. The van der Waals surface area contributed by atoms with Crippen LogP contribution in [0.1, 0.15) is 50.8 Å². The average Bonchev–Trinajstić information content (AvgIpc) is 2.39. The van der Waals surface area contributed by atoms with Crippen LogP contribution in [0.2, 0.25) is 0 Å². The van der Waals surface area contributed by atoms with Crippen molar-refractivity contribution < 1.29 is 4.74 Å². The van der Waals surface area contributed by atoms with Crippen molar-refractivity contribution in [2.24, 2.45) is 5.92 Å². The summed E-state index contributed by atoms with van der Waals surface area (Å²) in [6, 6.07) is 4.13. The molecule has 0 aromatic carbocycles. The van der Waals surface area contributed by atoms with Crippen LogP contribution in [0.15, 0.2) is 12.1 Å². The van der Waals surface area contributed by atoms with Crippen LogP contribution in [0.3, 0.4) is 0 Å². The second-order valence-corrected chi connectivity index (χ2v) is 5.21. The first kappa shape index (κ1) is 16.0. The molecule has 1 unspecified atom stereocenters. The molecule has 0 saturated heterocycles. The van der Waals surface area contributed by atoms with E-state index in [1.54, 1.807) is 0 Å². The summed E-state index contributed by atoms with van der Waals surface area (Å²) < 4.78 is 5.89. The van der Waals surface area contributed by atoms with Crippen molar-refractivity contribution in [2.45, 2.75) is 53.0 Å². The van der Waals surface area contributed by atoms with E-state index in [4.69, 9.17) is 4.74 Å². The average molecular weight is 264 g/mol. The van der Waals surface area contributed by atoms with E-state index in [2.05, 4.69) is 30.2 Å². The fourth-order valence-electron chi connectivity index (χ4n) is 2.19. The number of hydrogen-bond donors (Lipinski definition) is 1. The molecule has 1 atom stereocenters. The van der Waals surface area contributed by atoms with Gasteiger partial charge in [0.15, 0.2) is 0 Å². The summed E-state index contributed by atoms with van der Waals surface area (Å²) >= 11 is 0. The van der Waals surface area contributed by atoms with E-state index in [1.807, 2.05) is 20.0 Å². The van der Waals surface area contributed by atoms with Crippen LogP contribution in [0, 0.1) is 12.8 Å². The van der Waals surface area contributed by atoms with Gasteiger partial charge in [-0.1, -0.05) is 33.1 Å². The number of nitrogens with zero attached hydrogens (tertiary/aromatic N) is 1. The minimum absolute atomic E-state index is 0.648. The summed E-state index contributed by atoms with van der Waals surface area (Å²) in [6.07, 6.45) is 4.97. The topological polar surface area (TPSA) is 34.1 Å². The lowest BCUT2D eigenvalue weighted by atomic mass is 10.0. The van der Waals surface area contributed by atoms with Gasteiger partial charge in [0.25, 0.3) is 0 Å². The molecular weight excluding hydrogens is 236 g/mol. The number of aryl methyl sites for hydroxylation is 1. The van der Waals surface area contributed by atoms with Crippen LogP contribution >= 0.6 is 0 Å². The van der Waals surface area contributed by atoms with E-state index in [0.29, 0.717) is 5.92 Å². The van der Waals surface area contributed by atoms with Crippen LogP contribution in [0.25, 0.3) is 0 Å². The van der Waals surface area contributed by atoms with Gasteiger partial charge >= 0.3 is 0 Å². The number of hydrogen-bond acceptors (Lipinski definition) is 3. The van der Waals surface area contributed by atoms with E-state index in [-0.39, 0.29) is 0 Å². The molecular formula is C16H28N2O. The van der Waals surface area contributed by atoms with Crippen molar-refractivity contribution in [2.75, 3.05) is 13.7 Å². The van der Waals surface area contributed by atoms with Crippen LogP contribution in [0.4, 0.5) is 0 Å². The van der Waals surface area contributed by atoms with E-state index < -0.39 is 0 Å². The van der Waals surface area contributed by atoms with E-state index in [1.165, 1.54) is 31.2 Å². The summed E-state index contributed by atoms with van der Waals surface area (Å²) in [5.41, 5.74) is 2.25. The Morgan fingerprint density at radius 3 is 2.74 bits per heavy atom. The van der Waals surface area contributed by atoms with Gasteiger partial charge in [-0.25, -0.2) is 4.98 Å². The first-order valence-corrected chi connectivity index (χ1v) is 7.44. The highest BCUT2D eigenvalue weighted by Crippen LogP contribution is 2.17. The van der Waals surface area contributed by atoms with E-state index in [0.717, 1.165) is 24.7 Å². The molecule has 1 aromatic heterocycles. The minimum atomic E-state index is 0.648. The molecule has 0 aliphatic carbocycles. The van der Waals surface area contributed by atoms with Crippen LogP contribution in [-0.2, 0) is 6.54 Å². The normalized spacial score (nSPS) is 12.4. The second kappa shape index (κ2) is 8.92. The number of unbranched alkanes of at least 4 members (excludes halogenated alkanes) is 1. The largest absolute Gasteiger partial charge is 0.477 e. The third kappa shape index (κ3) is 6.06. The molecule has 1 aromatic rings. The SMILES string of the molecule is CCCCC(CC)COc1cc(CNC)cc(C)n1. The molecule has 19 heavy (non-hydrogen) atoms. The predicted molar refractivity (Wildman–Crippen MR) is 80.5 cm³/mol. The highest BCUT2D eigenvalue weighted by molar-refractivity contribution is 5.24. The Morgan fingerprint density at radius 1 is 1.32 bits per heavy atom. The van der Waals surface area contributed by atoms with Gasteiger partial charge < -0.3 is 10.1 Å². The van der Waals surface area contributed by atoms with Gasteiger partial charge in [-0.05, 0) is 37.9 Å². The zero-order chi connectivity index (χ0) is 14.1. The molecule has 0 amide bonds. The molecule has 1 heterocycles. The lowest BCUT2D eigenvalue weighted by Crippen LogP contribution is -2.13. The minimum Gasteiger partial charge on any atom is -0.477 e. The summed E-state index contributed by atoms with van der Waals surface area (Å²) in [5, 5.41) is 3.16. The van der Waals surface area contributed by atoms with Crippen LogP contribution < -0.4 is 10.1 Å². The monoisotopic (exact) mass is 264 g/mol. The quantitative estimate of drug-likeness (QED) is 0.738. The Bertz CT molecular complexity index is 366. The summed E-state index contributed by atoms with van der Waals surface area (Å²) in [4.78, 5) is 4.45. The van der Waals surface area contributed by atoms with Crippen molar-refractivity contribution >= 4 is 0 Å². The highest BCUT2D eigenvalue weighted by Gasteiger charge is 2.08. The van der Waals surface area contributed by atoms with Crippen molar-refractivity contribution in [3.63, 3.8) is 0 Å². The van der Waals surface area contributed by atoms with Crippen molar-refractivity contribution in [1.29, 1.82) is 0 Å². The molecule has 108 valence electrons. The van der Waals surface area contributed by atoms with E-state index >= 15 is 0 Å². The predicted octanol–water partition coefficient (Wildman–Crippen LogP) is 3.70. The molecule has 1 N–H and O–H groups in total. The molecule has 0 fully saturated rings. The fourth-order valence-corrected chi connectivity index (χ4v) is 2.19. The fraction of sp³-hybridized carbons (Fsp3) is 0.688. The van der Waals surface area contributed by atoms with Gasteiger partial charge in [0.05, 0.1) is 6.61 Å². The third-order valence-corrected chi connectivity index (χ3v) is 3.38. The highest BCUT2D eigenvalue weighted by atomic mass is 16.5. The maximum atomic E-state index is 5.89. The maximum absolute atomic E-state index is 5.89. The van der Waals surface area contributed by atoms with Crippen molar-refractivity contribution in [3.8, 4) is 5.88 Å². The summed E-state index contributed by atoms with van der Waals surface area (Å²) in [6.45, 7) is 8.12. The first-order valence-electron chi connectivity index (χ1n) is 7.44. The number of nitrogens with one attached hydrogen (secondary N) is 1. The van der Waals surface area contributed by atoms with Gasteiger partial charge in [0.1, 0.15) is 0 Å². The molecule has 0 aliphatic heterocycles. The number of pyridine rings is 1. The van der Waals surface area contributed by atoms with Gasteiger partial charge in [-0.3, -0.25) is 0 Å². The first-order chi connectivity index (χ1) is 9.19. The Kier molecular flexibility index (Phi) is 7.49. The molecule has 0 spiro atoms.